The van der Waals surface area contributed by atoms with Crippen LogP contribution in [0.25, 0.3) is 11.5 Å². The van der Waals surface area contributed by atoms with E-state index >= 15 is 0 Å². The molecule has 92 valence electrons. The maximum absolute atomic E-state index is 8.73. The summed E-state index contributed by atoms with van der Waals surface area (Å²) in [6.45, 7) is 0. The van der Waals surface area contributed by atoms with Gasteiger partial charge in [0.25, 0.3) is 0 Å². The monoisotopic (exact) mass is 250 g/mol. The molecule has 0 spiro atoms. The predicted molar refractivity (Wildman–Crippen MR) is 68.0 cm³/mol. The summed E-state index contributed by atoms with van der Waals surface area (Å²) in [5.74, 6) is 1.10. The Kier molecular flexibility index (Phi) is 2.83. The highest BCUT2D eigenvalue weighted by Crippen LogP contribution is 2.15. The summed E-state index contributed by atoms with van der Waals surface area (Å²) in [4.78, 5) is 7.34. The first-order valence-electron chi connectivity index (χ1n) is 5.80. The molecule has 2 aromatic heterocycles. The third-order valence-corrected chi connectivity index (χ3v) is 2.75. The van der Waals surface area contributed by atoms with Gasteiger partial charge in [0.05, 0.1) is 23.7 Å². The van der Waals surface area contributed by atoms with Crippen molar-refractivity contribution in [3.8, 4) is 17.6 Å². The van der Waals surface area contributed by atoms with Gasteiger partial charge in [0, 0.05) is 6.20 Å². The fourth-order valence-electron chi connectivity index (χ4n) is 1.78. The first kappa shape index (κ1) is 11.2. The normalized spacial score (nSPS) is 10.3. The maximum Gasteiger partial charge on any atom is 0.231 e. The van der Waals surface area contributed by atoms with Crippen LogP contribution in [-0.4, -0.2) is 15.1 Å². The van der Waals surface area contributed by atoms with E-state index in [2.05, 4.69) is 21.2 Å². The number of benzene rings is 1. The number of nitriles is 1. The summed E-state index contributed by atoms with van der Waals surface area (Å²) < 4.78 is 5.20. The van der Waals surface area contributed by atoms with Gasteiger partial charge in [-0.25, -0.2) is 0 Å². The lowest BCUT2D eigenvalue weighted by Crippen LogP contribution is -1.89. The quantitative estimate of drug-likeness (QED) is 0.774. The second-order valence-electron chi connectivity index (χ2n) is 4.08. The molecule has 2 heterocycles. The summed E-state index contributed by atoms with van der Waals surface area (Å²) in [6, 6.07) is 13.2. The average Bonchev–Trinajstić information content (AvgIpc) is 3.10. The first-order valence-corrected chi connectivity index (χ1v) is 5.80. The molecule has 1 aromatic carbocycles. The van der Waals surface area contributed by atoms with E-state index in [1.165, 1.54) is 0 Å². The number of nitrogens with zero attached hydrogens (tertiary/aromatic N) is 3. The lowest BCUT2D eigenvalue weighted by atomic mass is 10.1. The van der Waals surface area contributed by atoms with Gasteiger partial charge in [-0.15, -0.1) is 0 Å². The average molecular weight is 250 g/mol. The van der Waals surface area contributed by atoms with Crippen LogP contribution in [-0.2, 0) is 6.42 Å². The van der Waals surface area contributed by atoms with Gasteiger partial charge >= 0.3 is 0 Å². The van der Waals surface area contributed by atoms with Crippen molar-refractivity contribution in [3.05, 3.63) is 59.6 Å². The fraction of sp³-hybridized carbons (Fsp3) is 0.0714. The number of hydrogen-bond acceptors (Lipinski definition) is 4. The van der Waals surface area contributed by atoms with Gasteiger partial charge < -0.3 is 9.51 Å². The van der Waals surface area contributed by atoms with Crippen LogP contribution in [0.1, 0.15) is 17.0 Å². The van der Waals surface area contributed by atoms with Crippen LogP contribution in [0.15, 0.2) is 47.1 Å². The van der Waals surface area contributed by atoms with Crippen molar-refractivity contribution in [3.63, 3.8) is 0 Å². The van der Waals surface area contributed by atoms with E-state index in [0.717, 1.165) is 11.3 Å². The van der Waals surface area contributed by atoms with E-state index in [4.69, 9.17) is 9.78 Å². The number of nitrogens with one attached hydrogen (secondary N) is 1. The zero-order chi connectivity index (χ0) is 13.1. The van der Waals surface area contributed by atoms with Crippen LogP contribution < -0.4 is 0 Å². The van der Waals surface area contributed by atoms with Gasteiger partial charge in [-0.3, -0.25) is 0 Å². The van der Waals surface area contributed by atoms with Crippen LogP contribution in [0.2, 0.25) is 0 Å². The van der Waals surface area contributed by atoms with Crippen molar-refractivity contribution in [2.24, 2.45) is 0 Å². The minimum Gasteiger partial charge on any atom is -0.359 e. The smallest absolute Gasteiger partial charge is 0.231 e. The molecule has 0 radical (unpaired) electrons. The van der Waals surface area contributed by atoms with Crippen LogP contribution >= 0.6 is 0 Å². The summed E-state index contributed by atoms with van der Waals surface area (Å²) in [5.41, 5.74) is 2.50. The molecule has 5 nitrogen and oxygen atoms in total. The molecule has 3 aromatic rings. The Hall–Kier alpha value is -2.87. The molecule has 0 aliphatic carbocycles. The summed E-state index contributed by atoms with van der Waals surface area (Å²) >= 11 is 0. The Balaban J connectivity index is 1.78. The van der Waals surface area contributed by atoms with Gasteiger partial charge in [0.15, 0.2) is 0 Å². The van der Waals surface area contributed by atoms with Crippen LogP contribution in [0, 0.1) is 11.3 Å². The van der Waals surface area contributed by atoms with E-state index in [1.807, 2.05) is 30.5 Å². The summed E-state index contributed by atoms with van der Waals surface area (Å²) in [6.07, 6.45) is 2.37. The highest BCUT2D eigenvalue weighted by atomic mass is 16.5. The van der Waals surface area contributed by atoms with Crippen molar-refractivity contribution in [2.45, 2.75) is 6.42 Å². The molecule has 3 rings (SSSR count). The minimum atomic E-state index is 0.550. The Bertz CT molecular complexity index is 705. The van der Waals surface area contributed by atoms with Gasteiger partial charge in [0.1, 0.15) is 0 Å². The number of aromatic amines is 1. The van der Waals surface area contributed by atoms with Crippen molar-refractivity contribution in [1.82, 2.24) is 15.1 Å². The molecule has 19 heavy (non-hydrogen) atoms. The molecule has 0 saturated carbocycles. The van der Waals surface area contributed by atoms with E-state index in [-0.39, 0.29) is 0 Å². The van der Waals surface area contributed by atoms with E-state index in [1.54, 1.807) is 12.1 Å². The number of rotatable bonds is 3. The molecule has 0 amide bonds. The SMILES string of the molecule is N#Cc1ccc(Cc2nc(-c3ccc[nH]3)no2)cc1. The Morgan fingerprint density at radius 1 is 1.21 bits per heavy atom. The number of hydrogen-bond donors (Lipinski definition) is 1. The summed E-state index contributed by atoms with van der Waals surface area (Å²) in [7, 11) is 0. The van der Waals surface area contributed by atoms with Gasteiger partial charge in [-0.1, -0.05) is 17.3 Å². The molecule has 0 atom stereocenters. The minimum absolute atomic E-state index is 0.550. The standard InChI is InChI=1S/C14H10N4O/c15-9-11-5-3-10(4-6-11)8-13-17-14(18-19-13)12-2-1-7-16-12/h1-7,16H,8H2. The largest absolute Gasteiger partial charge is 0.359 e. The highest BCUT2D eigenvalue weighted by Gasteiger charge is 2.09. The second kappa shape index (κ2) is 4.78. The lowest BCUT2D eigenvalue weighted by Gasteiger charge is -1.95. The maximum atomic E-state index is 8.73. The lowest BCUT2D eigenvalue weighted by molar-refractivity contribution is 0.385. The van der Waals surface area contributed by atoms with Crippen LogP contribution in [0.4, 0.5) is 0 Å². The zero-order valence-corrected chi connectivity index (χ0v) is 10.00. The predicted octanol–water partition coefficient (Wildman–Crippen LogP) is 2.53. The summed E-state index contributed by atoms with van der Waals surface area (Å²) in [5, 5.41) is 12.7. The van der Waals surface area contributed by atoms with Gasteiger partial charge in [-0.2, -0.15) is 10.2 Å². The van der Waals surface area contributed by atoms with Crippen molar-refractivity contribution in [2.75, 3.05) is 0 Å². The van der Waals surface area contributed by atoms with E-state index < -0.39 is 0 Å². The molecule has 1 N–H and O–H groups in total. The van der Waals surface area contributed by atoms with Crippen molar-refractivity contribution >= 4 is 0 Å². The third kappa shape index (κ3) is 2.38. The second-order valence-corrected chi connectivity index (χ2v) is 4.08. The first-order chi connectivity index (χ1) is 9.35. The molecule has 0 bridgehead atoms. The van der Waals surface area contributed by atoms with Crippen LogP contribution in [0.5, 0.6) is 0 Å². The van der Waals surface area contributed by atoms with Gasteiger partial charge in [-0.05, 0) is 29.8 Å². The fourth-order valence-corrected chi connectivity index (χ4v) is 1.78. The van der Waals surface area contributed by atoms with Crippen molar-refractivity contribution < 1.29 is 4.52 Å². The Morgan fingerprint density at radius 3 is 2.74 bits per heavy atom. The third-order valence-electron chi connectivity index (χ3n) is 2.75. The molecule has 0 unspecified atom stereocenters. The van der Waals surface area contributed by atoms with E-state index in [0.29, 0.717) is 23.7 Å². The Labute approximate surface area is 109 Å². The molecule has 0 fully saturated rings. The number of aromatic nitrogens is 3. The van der Waals surface area contributed by atoms with E-state index in [9.17, 15) is 0 Å². The molecule has 5 heteroatoms. The molecule has 0 saturated heterocycles. The zero-order valence-electron chi connectivity index (χ0n) is 10.00. The molecular weight excluding hydrogens is 240 g/mol. The Morgan fingerprint density at radius 2 is 2.05 bits per heavy atom. The highest BCUT2D eigenvalue weighted by molar-refractivity contribution is 5.47. The number of H-pyrrole nitrogens is 1. The molecule has 0 aliphatic heterocycles. The van der Waals surface area contributed by atoms with Crippen molar-refractivity contribution in [1.29, 1.82) is 5.26 Å². The topological polar surface area (TPSA) is 78.5 Å². The molecular formula is C14H10N4O. The molecule has 0 aliphatic rings. The van der Waals surface area contributed by atoms with Crippen LogP contribution in [0.3, 0.4) is 0 Å². The van der Waals surface area contributed by atoms with Gasteiger partial charge in [0.2, 0.25) is 11.7 Å².